The van der Waals surface area contributed by atoms with Gasteiger partial charge in [0.15, 0.2) is 23.0 Å². The van der Waals surface area contributed by atoms with Gasteiger partial charge in [0.2, 0.25) is 29.5 Å². The number of aromatic nitrogens is 5. The number of phenols is 1. The number of phenolic OH excluding ortho intramolecular Hbond substituents is 1. The summed E-state index contributed by atoms with van der Waals surface area (Å²) in [5.41, 5.74) is 16.0. The van der Waals surface area contributed by atoms with Crippen LogP contribution in [0.3, 0.4) is 0 Å². The molecule has 4 heterocycles. The van der Waals surface area contributed by atoms with Gasteiger partial charge in [0, 0.05) is 107 Å². The van der Waals surface area contributed by atoms with Crippen molar-refractivity contribution in [3.8, 4) is 11.6 Å². The molecule has 0 radical (unpaired) electrons. The number of ether oxygens (including phenoxy) is 7. The number of nitrogens with two attached hydrogens (primary N) is 2. The molecule has 3 aromatic heterocycles. The number of nitrogens with one attached hydrogen (secondary N) is 7. The number of ketones is 4. The van der Waals surface area contributed by atoms with Crippen LogP contribution in [-0.4, -0.2) is 222 Å². The molecule has 0 saturated carbocycles. The van der Waals surface area contributed by atoms with E-state index >= 15 is 0 Å². The van der Waals surface area contributed by atoms with Crippen molar-refractivity contribution < 1.29 is 91.0 Å². The number of alkyl carbamates (subject to hydrolysis) is 2. The lowest BCUT2D eigenvalue weighted by atomic mass is 9.82. The standard InChI is InChI=1S/C91H133N15O19S/c1-11-36-106(87(115)71(60(8)13-3)50-77(110)74-20-14-15-37-105(74)10)75(59(6)7)51-79(122-38-12-2)86-102-73(56-126-86)84(114)100-67(47-62-30-32-68(107)33-31-62)46-61(9)78(111)53-97-91(118)123-45-44-121-43-42-120-41-40-119-39-35-95-90(117)125-55-66-26-22-63(23-27-66)48-76(109)72(19-17-34-94-89(93)116)101-83(113)70(58(4)5)49-69(108)18-16-21-80(112)96-52-64-24-28-65(29-25-64)54-124-85-81-82(99-57-98-81)103-88(92)104-85/h22-33,56-61,67,70-72,74-75,79,107H,11-21,34-55H2,1-10H3,(H,95,117)(H,96,112)(H,97,118)(H,100,114)(H,101,113)(H3,93,94,116)(H3,92,98,99,103,104)/t60-,61-,67+,70-,71-,72-,74+,75+,79+/m0/s1. The number of carbonyl (C=O) groups is 11. The molecule has 0 unspecified atom stereocenters. The number of aromatic hydroxyl groups is 1. The summed E-state index contributed by atoms with van der Waals surface area (Å²) in [4.78, 5) is 171. The van der Waals surface area contributed by atoms with Crippen molar-refractivity contribution in [1.82, 2.24) is 66.6 Å². The monoisotopic (exact) mass is 1770 g/mol. The number of likely N-dealkylation sites (tertiary alicyclic amines) is 1. The number of nitrogens with zero attached hydrogens (tertiary/aromatic N) is 6. The van der Waals surface area contributed by atoms with Crippen LogP contribution in [0, 0.1) is 35.5 Å². The van der Waals surface area contributed by atoms with Crippen LogP contribution in [0.4, 0.5) is 20.3 Å². The van der Waals surface area contributed by atoms with Gasteiger partial charge in [-0.1, -0.05) is 136 Å². The number of urea groups is 1. The molecule has 0 aliphatic carbocycles. The molecule has 3 aromatic carbocycles. The van der Waals surface area contributed by atoms with Crippen LogP contribution < -0.4 is 48.1 Å². The third kappa shape index (κ3) is 36.0. The quantitative estimate of drug-likeness (QED) is 0.0159. The number of Topliss-reactive ketones (excluding diaryl/α,β-unsaturated/α-hetero) is 4. The molecular weight excluding hydrogens is 1640 g/mol. The highest BCUT2D eigenvalue weighted by atomic mass is 32.1. The number of likely N-dealkylation sites (N-methyl/N-ethyl adjacent to an activating group) is 1. The minimum absolute atomic E-state index is 0.00642. The van der Waals surface area contributed by atoms with Crippen molar-refractivity contribution in [2.75, 3.05) is 98.4 Å². The van der Waals surface area contributed by atoms with Gasteiger partial charge in [0.05, 0.1) is 64.6 Å². The predicted octanol–water partition coefficient (Wildman–Crippen LogP) is 10.3. The number of hydrogen-bond acceptors (Lipinski definition) is 26. The molecule has 1 saturated heterocycles. The van der Waals surface area contributed by atoms with Gasteiger partial charge in [-0.15, -0.1) is 11.3 Å². The van der Waals surface area contributed by atoms with Crippen molar-refractivity contribution in [2.24, 2.45) is 41.2 Å². The smallest absolute Gasteiger partial charge is 0.407 e. The van der Waals surface area contributed by atoms with E-state index in [-0.39, 0.29) is 225 Å². The van der Waals surface area contributed by atoms with Crippen LogP contribution in [0.2, 0.25) is 0 Å². The Labute approximate surface area is 743 Å². The summed E-state index contributed by atoms with van der Waals surface area (Å²) < 4.78 is 39.7. The number of hydrogen-bond donors (Lipinski definition) is 10. The lowest BCUT2D eigenvalue weighted by Gasteiger charge is -2.40. The number of benzene rings is 3. The first-order chi connectivity index (χ1) is 60.5. The number of fused-ring (bicyclic) bond motifs is 1. The van der Waals surface area contributed by atoms with Crippen LogP contribution in [0.5, 0.6) is 11.6 Å². The first-order valence-corrected chi connectivity index (χ1v) is 45.1. The van der Waals surface area contributed by atoms with Gasteiger partial charge in [0.25, 0.3) is 5.91 Å². The molecule has 0 bridgehead atoms. The summed E-state index contributed by atoms with van der Waals surface area (Å²) in [5.74, 6) is -3.52. The van der Waals surface area contributed by atoms with E-state index in [1.54, 1.807) is 60.8 Å². The fraction of sp³-hybridized carbons (Fsp3) is 0.593. The number of nitrogen functional groups attached to an aromatic ring is 1. The number of carbonyl (C=O) groups excluding carboxylic acids is 11. The van der Waals surface area contributed by atoms with Crippen LogP contribution in [0.1, 0.15) is 208 Å². The summed E-state index contributed by atoms with van der Waals surface area (Å²) >= 11 is 1.31. The van der Waals surface area contributed by atoms with Gasteiger partial charge in [-0.25, -0.2) is 24.4 Å². The number of primary amides is 1. The molecule has 12 N–H and O–H groups in total. The van der Waals surface area contributed by atoms with Crippen molar-refractivity contribution in [3.05, 3.63) is 123 Å². The van der Waals surface area contributed by atoms with Crippen LogP contribution >= 0.6 is 11.3 Å². The maximum atomic E-state index is 15.0. The first kappa shape index (κ1) is 102. The number of imidazole rings is 1. The molecule has 6 aromatic rings. The Morgan fingerprint density at radius 2 is 1.33 bits per heavy atom. The molecule has 34 nitrogen and oxygen atoms in total. The third-order valence-corrected chi connectivity index (χ3v) is 23.2. The Hall–Kier alpha value is -10.6. The fourth-order valence-electron chi connectivity index (χ4n) is 14.8. The summed E-state index contributed by atoms with van der Waals surface area (Å²) in [7, 11) is 2.00. The highest BCUT2D eigenvalue weighted by molar-refractivity contribution is 7.09. The predicted molar refractivity (Wildman–Crippen MR) is 475 cm³/mol. The average molecular weight is 1770 g/mol. The molecule has 692 valence electrons. The van der Waals surface area contributed by atoms with Gasteiger partial charge in [-0.05, 0) is 129 Å². The normalized spacial score (nSPS) is 14.8. The van der Waals surface area contributed by atoms with Gasteiger partial charge in [-0.3, -0.25) is 43.3 Å². The van der Waals surface area contributed by atoms with E-state index < -0.39 is 66.0 Å². The molecule has 126 heavy (non-hydrogen) atoms. The number of piperidine rings is 1. The van der Waals surface area contributed by atoms with Crippen molar-refractivity contribution in [1.29, 1.82) is 0 Å². The summed E-state index contributed by atoms with van der Waals surface area (Å²) in [5, 5.41) is 28.8. The van der Waals surface area contributed by atoms with E-state index in [4.69, 9.17) is 49.6 Å². The highest BCUT2D eigenvalue weighted by Gasteiger charge is 2.39. The second-order valence-electron chi connectivity index (χ2n) is 32.9. The molecule has 8 amide bonds. The zero-order valence-electron chi connectivity index (χ0n) is 74.8. The zero-order valence-corrected chi connectivity index (χ0v) is 75.6. The summed E-state index contributed by atoms with van der Waals surface area (Å²) in [6.45, 7) is 21.0. The van der Waals surface area contributed by atoms with E-state index in [0.717, 1.165) is 61.8 Å². The number of amides is 8. The minimum atomic E-state index is -0.953. The number of thiazole rings is 1. The maximum absolute atomic E-state index is 15.0. The van der Waals surface area contributed by atoms with Crippen molar-refractivity contribution in [3.63, 3.8) is 0 Å². The van der Waals surface area contributed by atoms with Crippen molar-refractivity contribution >= 4 is 93.4 Å². The maximum Gasteiger partial charge on any atom is 0.407 e. The number of H-pyrrole nitrogens is 1. The average Bonchev–Trinajstić information content (AvgIpc) is 1.47. The topological polar surface area (TPSA) is 471 Å². The van der Waals surface area contributed by atoms with E-state index in [2.05, 4.69) is 91.4 Å². The van der Waals surface area contributed by atoms with E-state index in [9.17, 15) is 57.8 Å². The van der Waals surface area contributed by atoms with E-state index in [1.807, 2.05) is 57.0 Å². The zero-order chi connectivity index (χ0) is 91.5. The lowest BCUT2D eigenvalue weighted by Crippen LogP contribution is -2.50. The number of rotatable bonds is 60. The Bertz CT molecular complexity index is 4400. The Balaban J connectivity index is 0.743. The van der Waals surface area contributed by atoms with Crippen molar-refractivity contribution in [2.45, 2.75) is 221 Å². The van der Waals surface area contributed by atoms with Gasteiger partial charge >= 0.3 is 18.2 Å². The van der Waals surface area contributed by atoms with Gasteiger partial charge in [0.1, 0.15) is 53.7 Å². The van der Waals surface area contributed by atoms with Gasteiger partial charge in [-0.2, -0.15) is 9.97 Å². The van der Waals surface area contributed by atoms with Gasteiger partial charge < -0.3 is 91.5 Å². The van der Waals surface area contributed by atoms with E-state index in [1.165, 1.54) is 17.7 Å². The van der Waals surface area contributed by atoms with Crippen LogP contribution in [-0.2, 0) is 94.6 Å². The SMILES string of the molecule is CCCO[C@H](C[C@H](C(C)C)N(CCC)C(=O)[C@@H](CC(=O)[C@H]1CCCCN1C)[C@@H](C)CC)c1nc(C(=O)N[C@@H](Cc2ccc(O)cc2)C[C@H](C)C(=O)CNC(=O)OCCOCCOCCOCCNC(=O)OCc2ccc(CC(=O)[C@H](CCCNC(N)=O)NC(=O)[C@@H](CC(=O)CCCC(=O)NCc3ccc(COc4nc(N)nc5nc[nH]c45)cc3)C(C)C)cc2)cs1. The summed E-state index contributed by atoms with van der Waals surface area (Å²) in [6, 6.07) is 18.2. The first-order valence-electron chi connectivity index (χ1n) is 44.2. The second kappa shape index (κ2) is 55.1. The third-order valence-electron chi connectivity index (χ3n) is 22.3. The Morgan fingerprint density at radius 3 is 2.00 bits per heavy atom. The second-order valence-corrected chi connectivity index (χ2v) is 33.8. The molecule has 7 rings (SSSR count). The molecule has 0 spiro atoms. The Kier molecular flexibility index (Phi) is 44.8. The number of anilines is 1. The molecule has 35 heteroatoms. The fourth-order valence-corrected chi connectivity index (χ4v) is 15.6. The highest BCUT2D eigenvalue weighted by Crippen LogP contribution is 2.35. The summed E-state index contributed by atoms with van der Waals surface area (Å²) in [6.07, 6.45) is 6.48. The lowest BCUT2D eigenvalue weighted by molar-refractivity contribution is -0.145. The number of aromatic amines is 1. The molecule has 9 atom stereocenters. The molecule has 1 fully saturated rings. The molecular formula is C91H133N15O19S. The van der Waals surface area contributed by atoms with Crippen LogP contribution in [0.15, 0.2) is 84.5 Å². The molecule has 1 aliphatic rings. The largest absolute Gasteiger partial charge is 0.508 e. The van der Waals surface area contributed by atoms with E-state index in [0.29, 0.717) is 59.7 Å². The molecule has 1 aliphatic heterocycles. The van der Waals surface area contributed by atoms with Crippen LogP contribution in [0.25, 0.3) is 11.2 Å². The minimum Gasteiger partial charge on any atom is -0.508 e. The Morgan fingerprint density at radius 1 is 0.667 bits per heavy atom.